The summed E-state index contributed by atoms with van der Waals surface area (Å²) in [4.78, 5) is 91.5. The maximum Gasteiger partial charge on any atom is 0.416 e. The van der Waals surface area contributed by atoms with E-state index < -0.39 is 84.5 Å². The molecule has 6 rings (SSSR count). The molecule has 2 unspecified atom stereocenters. The topological polar surface area (TPSA) is 209 Å². The Hall–Kier alpha value is -8.05. The van der Waals surface area contributed by atoms with Crippen LogP contribution in [0.1, 0.15) is 59.3 Å². The van der Waals surface area contributed by atoms with Gasteiger partial charge < -0.3 is 67.7 Å². The van der Waals surface area contributed by atoms with Gasteiger partial charge in [0.15, 0.2) is 0 Å². The predicted molar refractivity (Wildman–Crippen MR) is 296 cm³/mol. The largest absolute Gasteiger partial charge is 1.00 e. The summed E-state index contributed by atoms with van der Waals surface area (Å²) in [5.74, 6) is -3.25. The molecule has 2 atom stereocenters. The van der Waals surface area contributed by atoms with E-state index >= 15 is 0 Å². The van der Waals surface area contributed by atoms with Gasteiger partial charge >= 0.3 is 36.4 Å². The number of hydrogen-bond donors (Lipinski definition) is 2. The van der Waals surface area contributed by atoms with Crippen molar-refractivity contribution in [2.45, 2.75) is 38.3 Å². The highest BCUT2D eigenvalue weighted by Gasteiger charge is 2.46. The molecule has 0 radical (unpaired) electrons. The Kier molecular flexibility index (Phi) is 22.5. The van der Waals surface area contributed by atoms with Gasteiger partial charge in [0.2, 0.25) is 11.8 Å². The van der Waals surface area contributed by atoms with Crippen LogP contribution in [0.2, 0.25) is 0 Å². The van der Waals surface area contributed by atoms with Crippen LogP contribution in [0, 0.1) is 22.7 Å². The number of benzene rings is 4. The highest BCUT2D eigenvalue weighted by molar-refractivity contribution is 6.05. The number of anilines is 2. The van der Waals surface area contributed by atoms with Gasteiger partial charge in [-0.2, -0.15) is 36.9 Å². The maximum atomic E-state index is 14.7. The van der Waals surface area contributed by atoms with E-state index in [2.05, 4.69) is 10.6 Å². The van der Waals surface area contributed by atoms with Crippen molar-refractivity contribution in [2.75, 3.05) is 125 Å². The Labute approximate surface area is 506 Å². The fourth-order valence-corrected chi connectivity index (χ4v) is 9.26. The molecule has 0 aliphatic carbocycles. The van der Waals surface area contributed by atoms with E-state index in [9.17, 15) is 65.6 Å². The molecule has 0 aromatic heterocycles. The molecule has 4 aromatic carbocycles. The van der Waals surface area contributed by atoms with Crippen molar-refractivity contribution in [3.05, 3.63) is 153 Å². The Morgan fingerprint density at radius 3 is 1.24 bits per heavy atom. The second kappa shape index (κ2) is 28.2. The van der Waals surface area contributed by atoms with Crippen LogP contribution in [0.3, 0.4) is 0 Å². The smallest absolute Gasteiger partial charge is 0.416 e. The lowest BCUT2D eigenvalue weighted by atomic mass is 9.92. The van der Waals surface area contributed by atoms with Crippen LogP contribution in [-0.2, 0) is 41.0 Å². The Bertz CT molecular complexity index is 3060. The highest BCUT2D eigenvalue weighted by Crippen LogP contribution is 2.43. The Morgan fingerprint density at radius 2 is 0.929 bits per heavy atom. The number of ether oxygens (including phenoxy) is 2. The first kappa shape index (κ1) is 67.7. The lowest BCUT2D eigenvalue weighted by Crippen LogP contribution is -3.00. The zero-order chi connectivity index (χ0) is 62.1. The average Bonchev–Trinajstić information content (AvgIpc) is 0.910. The molecule has 2 aliphatic heterocycles. The molecular formula is C59H67F6IN11O8+. The van der Waals surface area contributed by atoms with Gasteiger partial charge in [0, 0.05) is 37.6 Å². The SMILES string of the molecule is CC1=C(C(=O)OCC[N+](C)(C)C)C(c2ccc(C#N)cc2)N(CC(=O)NCCN(C)CCNC(=O)CN2C(=O)N(c3cccc(C(F)(F)F)c3)C(C)=C(C(=O)OCC[N+](C)(C)C)C2c2ccc(C#N)cc2)C(=O)N1c1cccc(C(F)(F)F)c1.[I-]. The van der Waals surface area contributed by atoms with Gasteiger partial charge in [-0.15, -0.1) is 0 Å². The molecule has 26 heteroatoms. The minimum Gasteiger partial charge on any atom is -1.00 e. The minimum absolute atomic E-state index is 0. The number of nitrogens with zero attached hydrogens (tertiary/aromatic N) is 9. The number of likely N-dealkylation sites (N-methyl/N-ethyl adjacent to an activating group) is 3. The fourth-order valence-electron chi connectivity index (χ4n) is 9.26. The van der Waals surface area contributed by atoms with Crippen LogP contribution in [0.15, 0.2) is 120 Å². The first-order valence-corrected chi connectivity index (χ1v) is 26.5. The van der Waals surface area contributed by atoms with Gasteiger partial charge in [-0.05, 0) is 92.7 Å². The number of urea groups is 2. The first-order valence-electron chi connectivity index (χ1n) is 26.5. The molecule has 0 fully saturated rings. The van der Waals surface area contributed by atoms with Crippen LogP contribution in [0.5, 0.6) is 0 Å². The summed E-state index contributed by atoms with van der Waals surface area (Å²) in [5, 5.41) is 24.6. The van der Waals surface area contributed by atoms with E-state index in [1.807, 2.05) is 54.4 Å². The molecule has 454 valence electrons. The lowest BCUT2D eigenvalue weighted by Gasteiger charge is -2.42. The van der Waals surface area contributed by atoms with Crippen molar-refractivity contribution < 1.29 is 97.5 Å². The molecule has 2 N–H and O–H groups in total. The number of esters is 2. The number of amides is 6. The standard InChI is InChI=1S/C59H65F6N11O8.HI/c1-38-50(54(79)83-30-28-75(4,5)6)52(42-20-16-40(34-66)17-21-42)71(56(81)73(38)46-14-10-12-44(32-46)58(60,61)62)36-48(77)68-24-26-70(3)27-25-69-49(78)37-72-53(43-22-18-41(35-67)19-23-43)51(55(80)84-31-29-76(7,8)9)39(2)74(57(72)82)47-15-11-13-45(33-47)59(63,64)65;/h10-23,32-33,52-53H,24-31,36-37H2,1-9H3;1H/p+1. The second-order valence-corrected chi connectivity index (χ2v) is 22.2. The zero-order valence-electron chi connectivity index (χ0n) is 48.4. The van der Waals surface area contributed by atoms with Gasteiger partial charge in [-0.25, -0.2) is 19.2 Å². The van der Waals surface area contributed by atoms with E-state index in [0.717, 1.165) is 56.0 Å². The summed E-state index contributed by atoms with van der Waals surface area (Å²) in [6.45, 7) is 2.15. The third-order valence-electron chi connectivity index (χ3n) is 13.8. The number of alkyl halides is 6. The minimum atomic E-state index is -4.80. The quantitative estimate of drug-likeness (QED) is 0.0490. The predicted octanol–water partition coefficient (Wildman–Crippen LogP) is 4.35. The van der Waals surface area contributed by atoms with Crippen LogP contribution < -0.4 is 44.4 Å². The molecule has 85 heavy (non-hydrogen) atoms. The Balaban J connectivity index is 0.0000132. The number of nitrogens with one attached hydrogen (secondary N) is 2. The fraction of sp³-hybridized carbons (Fsp3) is 0.390. The molecule has 2 aliphatic rings. The van der Waals surface area contributed by atoms with Crippen LogP contribution in [-0.4, -0.2) is 174 Å². The lowest BCUT2D eigenvalue weighted by molar-refractivity contribution is -0.870. The first-order chi connectivity index (χ1) is 39.3. The van der Waals surface area contributed by atoms with Crippen molar-refractivity contribution in [3.63, 3.8) is 0 Å². The molecule has 4 aromatic rings. The van der Waals surface area contributed by atoms with E-state index in [1.165, 1.54) is 74.5 Å². The van der Waals surface area contributed by atoms with Crippen molar-refractivity contribution in [3.8, 4) is 12.1 Å². The maximum absolute atomic E-state index is 14.7. The van der Waals surface area contributed by atoms with Gasteiger partial charge in [0.05, 0.1) is 111 Å². The molecule has 6 amide bonds. The number of hydrogen-bond acceptors (Lipinski definition) is 11. The number of carbonyl (C=O) groups excluding carboxylic acids is 6. The second-order valence-electron chi connectivity index (χ2n) is 22.2. The number of rotatable bonds is 22. The van der Waals surface area contributed by atoms with Crippen molar-refractivity contribution in [2.24, 2.45) is 0 Å². The van der Waals surface area contributed by atoms with E-state index in [4.69, 9.17) is 9.47 Å². The molecular weight excluding hydrogens is 1230 g/mol. The third-order valence-corrected chi connectivity index (χ3v) is 13.8. The number of carbonyl (C=O) groups is 6. The van der Waals surface area contributed by atoms with E-state index in [0.29, 0.717) is 33.2 Å². The average molecular weight is 1300 g/mol. The molecule has 0 spiro atoms. The highest BCUT2D eigenvalue weighted by atomic mass is 127. The van der Waals surface area contributed by atoms with E-state index in [-0.39, 0.29) is 108 Å². The summed E-state index contributed by atoms with van der Waals surface area (Å²) < 4.78 is 96.7. The summed E-state index contributed by atoms with van der Waals surface area (Å²) in [5.41, 5.74) is -1.95. The van der Waals surface area contributed by atoms with Gasteiger partial charge in [0.25, 0.3) is 0 Å². The molecule has 19 nitrogen and oxygen atoms in total. The summed E-state index contributed by atoms with van der Waals surface area (Å²) >= 11 is 0. The number of quaternary nitrogens is 2. The van der Waals surface area contributed by atoms with Crippen LogP contribution in [0.4, 0.5) is 47.3 Å². The molecule has 0 saturated heterocycles. The summed E-state index contributed by atoms with van der Waals surface area (Å²) in [6.07, 6.45) is -9.61. The zero-order valence-corrected chi connectivity index (χ0v) is 50.6. The monoisotopic (exact) mass is 1300 g/mol. The number of nitriles is 2. The van der Waals surface area contributed by atoms with Gasteiger partial charge in [0.1, 0.15) is 39.4 Å². The van der Waals surface area contributed by atoms with Gasteiger partial charge in [-0.3, -0.25) is 19.4 Å². The molecule has 2 heterocycles. The van der Waals surface area contributed by atoms with Crippen molar-refractivity contribution in [1.82, 2.24) is 25.3 Å². The number of allylic oxidation sites excluding steroid dienone is 2. The van der Waals surface area contributed by atoms with E-state index in [1.54, 1.807) is 11.9 Å². The third kappa shape index (κ3) is 17.5. The van der Waals surface area contributed by atoms with Gasteiger partial charge in [-0.1, -0.05) is 36.4 Å². The number of halogens is 7. The van der Waals surface area contributed by atoms with Crippen molar-refractivity contribution >= 4 is 47.2 Å². The van der Waals surface area contributed by atoms with Crippen LogP contribution >= 0.6 is 0 Å². The molecule has 0 saturated carbocycles. The summed E-state index contributed by atoms with van der Waals surface area (Å²) in [7, 11) is 12.9. The summed E-state index contributed by atoms with van der Waals surface area (Å²) in [6, 6.07) is 19.2. The molecule has 0 bridgehead atoms. The van der Waals surface area contributed by atoms with Crippen molar-refractivity contribution in [1.29, 1.82) is 10.5 Å². The van der Waals surface area contributed by atoms with Crippen LogP contribution in [0.25, 0.3) is 0 Å². The normalized spacial score (nSPS) is 16.0. The Morgan fingerprint density at radius 1 is 0.588 bits per heavy atom.